The minimum Gasteiger partial charge on any atom is -0.495 e. The predicted octanol–water partition coefficient (Wildman–Crippen LogP) is 3.32. The van der Waals surface area contributed by atoms with E-state index in [-0.39, 0.29) is 28.4 Å². The Morgan fingerprint density at radius 2 is 1.89 bits per heavy atom. The molecule has 10 heteroatoms. The first-order valence-corrected chi connectivity index (χ1v) is 10.1. The number of anilines is 2. The molecule has 1 aliphatic heterocycles. The van der Waals surface area contributed by atoms with Crippen molar-refractivity contribution < 1.29 is 22.7 Å². The average molecular weight is 429 g/mol. The molecule has 27 heavy (non-hydrogen) atoms. The summed E-state index contributed by atoms with van der Waals surface area (Å²) in [6.45, 7) is 0. The largest absolute Gasteiger partial charge is 0.495 e. The summed E-state index contributed by atoms with van der Waals surface area (Å²) in [6.07, 6.45) is -0.0829. The van der Waals surface area contributed by atoms with Gasteiger partial charge < -0.3 is 10.1 Å². The molecule has 7 nitrogen and oxygen atoms in total. The van der Waals surface area contributed by atoms with Crippen molar-refractivity contribution in [2.75, 3.05) is 22.5 Å². The topological polar surface area (TPSA) is 92.8 Å². The number of rotatable bonds is 4. The summed E-state index contributed by atoms with van der Waals surface area (Å²) in [7, 11) is -2.22. The van der Waals surface area contributed by atoms with Crippen LogP contribution in [0.5, 0.6) is 5.75 Å². The highest BCUT2D eigenvalue weighted by Crippen LogP contribution is 2.31. The van der Waals surface area contributed by atoms with E-state index < -0.39 is 21.8 Å². The van der Waals surface area contributed by atoms with E-state index in [1.807, 2.05) is 0 Å². The molecule has 0 unspecified atom stereocenters. The van der Waals surface area contributed by atoms with Crippen LogP contribution in [0.2, 0.25) is 10.0 Å². The van der Waals surface area contributed by atoms with Crippen LogP contribution in [0.25, 0.3) is 0 Å². The summed E-state index contributed by atoms with van der Waals surface area (Å²) >= 11 is 12.2. The van der Waals surface area contributed by atoms with Crippen LogP contribution < -0.4 is 14.4 Å². The molecular weight excluding hydrogens is 415 g/mol. The quantitative estimate of drug-likeness (QED) is 0.805. The number of carbonyl (C=O) groups excluding carboxylic acids is 2. The molecule has 2 amide bonds. The second-order valence-electron chi connectivity index (χ2n) is 5.69. The minimum atomic E-state index is -3.70. The van der Waals surface area contributed by atoms with Crippen LogP contribution in [0.3, 0.4) is 0 Å². The number of halogens is 2. The Balaban J connectivity index is 1.84. The molecule has 1 N–H and O–H groups in total. The van der Waals surface area contributed by atoms with Gasteiger partial charge in [-0.05, 0) is 36.4 Å². The molecule has 1 aliphatic rings. The summed E-state index contributed by atoms with van der Waals surface area (Å²) < 4.78 is 29.7. The number of nitrogens with zero attached hydrogens (tertiary/aromatic N) is 1. The van der Waals surface area contributed by atoms with Gasteiger partial charge in [0.25, 0.3) is 5.91 Å². The van der Waals surface area contributed by atoms with Crippen molar-refractivity contribution in [2.24, 2.45) is 0 Å². The van der Waals surface area contributed by atoms with Crippen molar-refractivity contribution in [3.8, 4) is 5.75 Å². The van der Waals surface area contributed by atoms with Gasteiger partial charge in [0.15, 0.2) is 0 Å². The Morgan fingerprint density at radius 1 is 1.15 bits per heavy atom. The summed E-state index contributed by atoms with van der Waals surface area (Å²) in [5.41, 5.74) is 0.659. The van der Waals surface area contributed by atoms with Crippen molar-refractivity contribution in [1.29, 1.82) is 0 Å². The van der Waals surface area contributed by atoms with E-state index in [2.05, 4.69) is 5.32 Å². The fourth-order valence-electron chi connectivity index (χ4n) is 2.63. The van der Waals surface area contributed by atoms with Gasteiger partial charge in [-0.15, -0.1) is 0 Å². The van der Waals surface area contributed by atoms with Gasteiger partial charge in [-0.25, -0.2) is 12.7 Å². The smallest absolute Gasteiger partial charge is 0.257 e. The SMILES string of the molecule is COc1ccc(NC(=O)c2ccc(N3C(=O)CCS3(=O)=O)cc2Cl)cc1Cl. The average Bonchev–Trinajstić information content (AvgIpc) is 2.87. The van der Waals surface area contributed by atoms with Crippen LogP contribution in [0.4, 0.5) is 11.4 Å². The minimum absolute atomic E-state index is 0.0134. The van der Waals surface area contributed by atoms with E-state index in [1.165, 1.54) is 31.4 Å². The molecule has 2 aromatic rings. The monoisotopic (exact) mass is 428 g/mol. The van der Waals surface area contributed by atoms with Gasteiger partial charge in [0.05, 0.1) is 34.2 Å². The Morgan fingerprint density at radius 3 is 2.44 bits per heavy atom. The van der Waals surface area contributed by atoms with Gasteiger partial charge in [0.2, 0.25) is 15.9 Å². The van der Waals surface area contributed by atoms with E-state index in [0.29, 0.717) is 20.8 Å². The molecular formula is C17H14Cl2N2O5S. The lowest BCUT2D eigenvalue weighted by Gasteiger charge is -2.16. The molecule has 1 fully saturated rings. The zero-order chi connectivity index (χ0) is 19.8. The molecule has 0 aromatic heterocycles. The zero-order valence-electron chi connectivity index (χ0n) is 14.0. The molecule has 3 rings (SSSR count). The number of amides is 2. The van der Waals surface area contributed by atoms with Crippen molar-refractivity contribution in [2.45, 2.75) is 6.42 Å². The number of carbonyl (C=O) groups is 2. The second-order valence-corrected chi connectivity index (χ2v) is 8.44. The second kappa shape index (κ2) is 7.38. The number of sulfonamides is 1. The predicted molar refractivity (Wildman–Crippen MR) is 103 cm³/mol. The summed E-state index contributed by atoms with van der Waals surface area (Å²) in [5, 5.41) is 2.98. The van der Waals surface area contributed by atoms with Crippen LogP contribution in [0.1, 0.15) is 16.8 Å². The first kappa shape index (κ1) is 19.5. The summed E-state index contributed by atoms with van der Waals surface area (Å²) in [4.78, 5) is 24.3. The maximum absolute atomic E-state index is 12.5. The third kappa shape index (κ3) is 3.87. The molecule has 142 valence electrons. The normalized spacial score (nSPS) is 15.7. The van der Waals surface area contributed by atoms with Crippen LogP contribution in [0, 0.1) is 0 Å². The maximum Gasteiger partial charge on any atom is 0.257 e. The number of nitrogens with one attached hydrogen (secondary N) is 1. The molecule has 0 aliphatic carbocycles. The fraction of sp³-hybridized carbons (Fsp3) is 0.176. The molecule has 0 atom stereocenters. The standard InChI is InChI=1S/C17H14Cl2N2O5S/c1-26-15-5-2-10(8-14(15)19)20-17(23)12-4-3-11(9-13(12)18)21-16(22)6-7-27(21,24)25/h2-5,8-9H,6-7H2,1H3,(H,20,23). The highest BCUT2D eigenvalue weighted by Gasteiger charge is 2.36. The van der Waals surface area contributed by atoms with Crippen molar-refractivity contribution >= 4 is 56.4 Å². The molecule has 1 heterocycles. The van der Waals surface area contributed by atoms with Crippen LogP contribution in [-0.4, -0.2) is 33.1 Å². The van der Waals surface area contributed by atoms with E-state index in [0.717, 1.165) is 0 Å². The van der Waals surface area contributed by atoms with Gasteiger partial charge in [-0.2, -0.15) is 0 Å². The number of ether oxygens (including phenoxy) is 1. The molecule has 0 saturated carbocycles. The first-order valence-electron chi connectivity index (χ1n) is 7.73. The Bertz CT molecular complexity index is 1040. The lowest BCUT2D eigenvalue weighted by atomic mass is 10.1. The molecule has 0 radical (unpaired) electrons. The number of hydrogen-bond acceptors (Lipinski definition) is 5. The number of hydrogen-bond donors (Lipinski definition) is 1. The maximum atomic E-state index is 12.5. The lowest BCUT2D eigenvalue weighted by molar-refractivity contribution is -0.116. The van der Waals surface area contributed by atoms with Gasteiger partial charge in [-0.1, -0.05) is 23.2 Å². The molecule has 0 bridgehead atoms. The van der Waals surface area contributed by atoms with E-state index in [4.69, 9.17) is 27.9 Å². The molecule has 0 spiro atoms. The summed E-state index contributed by atoms with van der Waals surface area (Å²) in [6, 6.07) is 8.74. The Kier molecular flexibility index (Phi) is 5.32. The van der Waals surface area contributed by atoms with Gasteiger partial charge >= 0.3 is 0 Å². The van der Waals surface area contributed by atoms with Crippen molar-refractivity contribution in [1.82, 2.24) is 0 Å². The van der Waals surface area contributed by atoms with E-state index >= 15 is 0 Å². The molecule has 1 saturated heterocycles. The van der Waals surface area contributed by atoms with E-state index in [1.54, 1.807) is 12.1 Å². The third-order valence-corrected chi connectivity index (χ3v) is 6.22. The fourth-order valence-corrected chi connectivity index (χ4v) is 4.60. The van der Waals surface area contributed by atoms with Crippen LogP contribution in [-0.2, 0) is 14.8 Å². The van der Waals surface area contributed by atoms with Crippen molar-refractivity contribution in [3.05, 3.63) is 52.0 Å². The Hall–Kier alpha value is -2.29. The third-order valence-electron chi connectivity index (χ3n) is 3.92. The Labute approximate surface area is 165 Å². The first-order chi connectivity index (χ1) is 12.7. The van der Waals surface area contributed by atoms with Crippen molar-refractivity contribution in [3.63, 3.8) is 0 Å². The molecule has 2 aromatic carbocycles. The highest BCUT2D eigenvalue weighted by molar-refractivity contribution is 7.94. The van der Waals surface area contributed by atoms with Gasteiger partial charge in [-0.3, -0.25) is 9.59 Å². The van der Waals surface area contributed by atoms with Crippen LogP contribution >= 0.6 is 23.2 Å². The highest BCUT2D eigenvalue weighted by atomic mass is 35.5. The number of methoxy groups -OCH3 is 1. The van der Waals surface area contributed by atoms with Gasteiger partial charge in [0, 0.05) is 12.1 Å². The summed E-state index contributed by atoms with van der Waals surface area (Å²) in [5.74, 6) is -0.822. The number of benzene rings is 2. The van der Waals surface area contributed by atoms with E-state index in [9.17, 15) is 18.0 Å². The zero-order valence-corrected chi connectivity index (χ0v) is 16.4. The van der Waals surface area contributed by atoms with Crippen LogP contribution in [0.15, 0.2) is 36.4 Å². The van der Waals surface area contributed by atoms with Gasteiger partial charge in [0.1, 0.15) is 5.75 Å². The lowest BCUT2D eigenvalue weighted by Crippen LogP contribution is -2.29.